The van der Waals surface area contributed by atoms with Crippen LogP contribution in [-0.4, -0.2) is 55.0 Å². The number of nitrogens with one attached hydrogen (secondary N) is 1. The smallest absolute Gasteiger partial charge is 0.317 e. The second-order valence-corrected chi connectivity index (χ2v) is 6.45. The van der Waals surface area contributed by atoms with E-state index >= 15 is 0 Å². The van der Waals surface area contributed by atoms with Crippen LogP contribution in [0.15, 0.2) is 18.2 Å². The molecule has 0 radical (unpaired) electrons. The summed E-state index contributed by atoms with van der Waals surface area (Å²) in [6.07, 6.45) is 0.976. The monoisotopic (exact) mass is 342 g/mol. The Labute approximate surface area is 140 Å². The molecule has 0 spiro atoms. The standard InChI is InChI=1S/C17H24F2N2O3/c1-12(14-4-3-13(18)9-15(14)19)10-20-16(22)21(2)11-17(23)5-7-24-8-6-17/h3-4,9,12,23H,5-8,10-11H2,1-2H3,(H,20,22)/t12-/m1/s1. The molecule has 1 aliphatic heterocycles. The number of halogens is 2. The van der Waals surface area contributed by atoms with Gasteiger partial charge in [0.15, 0.2) is 0 Å². The summed E-state index contributed by atoms with van der Waals surface area (Å²) in [5.41, 5.74) is -0.582. The molecule has 24 heavy (non-hydrogen) atoms. The molecule has 0 saturated carbocycles. The number of benzene rings is 1. The van der Waals surface area contributed by atoms with Crippen molar-refractivity contribution < 1.29 is 23.4 Å². The summed E-state index contributed by atoms with van der Waals surface area (Å²) in [5.74, 6) is -1.55. The molecule has 0 aromatic heterocycles. The van der Waals surface area contributed by atoms with Gasteiger partial charge in [0.2, 0.25) is 0 Å². The zero-order valence-corrected chi connectivity index (χ0v) is 14.0. The van der Waals surface area contributed by atoms with Crippen LogP contribution >= 0.6 is 0 Å². The average Bonchev–Trinajstić information content (AvgIpc) is 2.52. The molecule has 2 rings (SSSR count). The number of ether oxygens (including phenoxy) is 1. The summed E-state index contributed by atoms with van der Waals surface area (Å²) < 4.78 is 31.9. The van der Waals surface area contributed by atoms with Crippen molar-refractivity contribution in [1.29, 1.82) is 0 Å². The summed E-state index contributed by atoms with van der Waals surface area (Å²) in [6, 6.07) is 3.07. The van der Waals surface area contributed by atoms with E-state index in [9.17, 15) is 18.7 Å². The van der Waals surface area contributed by atoms with Crippen molar-refractivity contribution in [3.05, 3.63) is 35.4 Å². The summed E-state index contributed by atoms with van der Waals surface area (Å²) in [5, 5.41) is 13.1. The SMILES string of the molecule is C[C@H](CNC(=O)N(C)CC1(O)CCOCC1)c1ccc(F)cc1F. The largest absolute Gasteiger partial charge is 0.388 e. The number of carbonyl (C=O) groups is 1. The normalized spacial score (nSPS) is 18.0. The number of aliphatic hydroxyl groups is 1. The van der Waals surface area contributed by atoms with Gasteiger partial charge in [0, 0.05) is 51.6 Å². The van der Waals surface area contributed by atoms with Gasteiger partial charge < -0.3 is 20.1 Å². The summed E-state index contributed by atoms with van der Waals surface area (Å²) in [6.45, 7) is 3.14. The molecule has 0 unspecified atom stereocenters. The number of amides is 2. The second-order valence-electron chi connectivity index (χ2n) is 6.45. The van der Waals surface area contributed by atoms with E-state index in [0.29, 0.717) is 31.6 Å². The van der Waals surface area contributed by atoms with Gasteiger partial charge in [0.1, 0.15) is 11.6 Å². The first-order valence-corrected chi connectivity index (χ1v) is 8.05. The lowest BCUT2D eigenvalue weighted by molar-refractivity contribution is -0.0722. The first-order valence-electron chi connectivity index (χ1n) is 8.05. The molecule has 1 aliphatic rings. The van der Waals surface area contributed by atoms with Crippen LogP contribution in [0, 0.1) is 11.6 Å². The van der Waals surface area contributed by atoms with Crippen LogP contribution in [0.25, 0.3) is 0 Å². The maximum atomic E-state index is 13.7. The number of hydrogen-bond acceptors (Lipinski definition) is 3. The third-order valence-electron chi connectivity index (χ3n) is 4.35. The van der Waals surface area contributed by atoms with Crippen molar-refractivity contribution in [3.8, 4) is 0 Å². The van der Waals surface area contributed by atoms with Gasteiger partial charge in [-0.15, -0.1) is 0 Å². The fraction of sp³-hybridized carbons (Fsp3) is 0.588. The Bertz CT molecular complexity index is 577. The molecule has 1 aromatic rings. The Kier molecular flexibility index (Phi) is 6.12. The van der Waals surface area contributed by atoms with Crippen molar-refractivity contribution >= 4 is 6.03 Å². The minimum atomic E-state index is -0.932. The Morgan fingerprint density at radius 1 is 1.42 bits per heavy atom. The molecule has 7 heteroatoms. The van der Waals surface area contributed by atoms with Gasteiger partial charge in [0.25, 0.3) is 0 Å². The lowest BCUT2D eigenvalue weighted by atomic mass is 9.94. The zero-order chi connectivity index (χ0) is 17.7. The first kappa shape index (κ1) is 18.6. The molecule has 1 aromatic carbocycles. The zero-order valence-electron chi connectivity index (χ0n) is 14.0. The van der Waals surface area contributed by atoms with Crippen molar-refractivity contribution in [2.75, 3.05) is 33.4 Å². The molecule has 1 heterocycles. The number of rotatable bonds is 5. The highest BCUT2D eigenvalue weighted by atomic mass is 19.1. The number of carbonyl (C=O) groups excluding carboxylic acids is 1. The Hall–Kier alpha value is -1.73. The predicted octanol–water partition coefficient (Wildman–Crippen LogP) is 2.25. The van der Waals surface area contributed by atoms with Gasteiger partial charge in [0.05, 0.1) is 12.1 Å². The molecule has 1 saturated heterocycles. The predicted molar refractivity (Wildman–Crippen MR) is 85.8 cm³/mol. The summed E-state index contributed by atoms with van der Waals surface area (Å²) >= 11 is 0. The van der Waals surface area contributed by atoms with Crippen molar-refractivity contribution in [1.82, 2.24) is 10.2 Å². The lowest BCUT2D eigenvalue weighted by Gasteiger charge is -2.35. The fourth-order valence-corrected chi connectivity index (χ4v) is 2.81. The molecule has 1 atom stereocenters. The molecule has 5 nitrogen and oxygen atoms in total. The third kappa shape index (κ3) is 4.88. The highest BCUT2D eigenvalue weighted by Crippen LogP contribution is 2.22. The fourth-order valence-electron chi connectivity index (χ4n) is 2.81. The molecular formula is C17H24F2N2O3. The van der Waals surface area contributed by atoms with Gasteiger partial charge in [-0.2, -0.15) is 0 Å². The van der Waals surface area contributed by atoms with Crippen molar-refractivity contribution in [3.63, 3.8) is 0 Å². The van der Waals surface area contributed by atoms with Crippen molar-refractivity contribution in [2.24, 2.45) is 0 Å². The van der Waals surface area contributed by atoms with Gasteiger partial charge in [-0.25, -0.2) is 13.6 Å². The minimum Gasteiger partial charge on any atom is -0.388 e. The molecule has 2 amide bonds. The van der Waals surface area contributed by atoms with E-state index in [1.54, 1.807) is 14.0 Å². The van der Waals surface area contributed by atoms with E-state index in [4.69, 9.17) is 4.74 Å². The third-order valence-corrected chi connectivity index (χ3v) is 4.35. The average molecular weight is 342 g/mol. The van der Waals surface area contributed by atoms with Crippen LogP contribution in [0.2, 0.25) is 0 Å². The summed E-state index contributed by atoms with van der Waals surface area (Å²) in [4.78, 5) is 13.6. The van der Waals surface area contributed by atoms with Crippen LogP contribution in [0.4, 0.5) is 13.6 Å². The molecule has 2 N–H and O–H groups in total. The summed E-state index contributed by atoms with van der Waals surface area (Å²) in [7, 11) is 1.60. The lowest BCUT2D eigenvalue weighted by Crippen LogP contribution is -2.50. The topological polar surface area (TPSA) is 61.8 Å². The van der Waals surface area contributed by atoms with Crippen LogP contribution in [-0.2, 0) is 4.74 Å². The molecule has 0 aliphatic carbocycles. The van der Waals surface area contributed by atoms with Gasteiger partial charge >= 0.3 is 6.03 Å². The van der Waals surface area contributed by atoms with Gasteiger partial charge in [-0.3, -0.25) is 0 Å². The van der Waals surface area contributed by atoms with Crippen LogP contribution in [0.1, 0.15) is 31.2 Å². The second kappa shape index (κ2) is 7.90. The maximum absolute atomic E-state index is 13.7. The first-order chi connectivity index (χ1) is 11.3. The van der Waals surface area contributed by atoms with E-state index in [2.05, 4.69) is 5.32 Å². The van der Waals surface area contributed by atoms with Crippen LogP contribution in [0.5, 0.6) is 0 Å². The Morgan fingerprint density at radius 2 is 2.08 bits per heavy atom. The van der Waals surface area contributed by atoms with Gasteiger partial charge in [-0.1, -0.05) is 13.0 Å². The Balaban J connectivity index is 1.85. The highest BCUT2D eigenvalue weighted by Gasteiger charge is 2.32. The number of urea groups is 1. The van der Waals surface area contributed by atoms with Crippen LogP contribution in [0.3, 0.4) is 0 Å². The maximum Gasteiger partial charge on any atom is 0.317 e. The van der Waals surface area contributed by atoms with E-state index < -0.39 is 17.2 Å². The molecule has 1 fully saturated rings. The number of hydrogen-bond donors (Lipinski definition) is 2. The van der Waals surface area contributed by atoms with E-state index in [1.165, 1.54) is 17.0 Å². The van der Waals surface area contributed by atoms with Gasteiger partial charge in [-0.05, 0) is 11.6 Å². The van der Waals surface area contributed by atoms with E-state index in [0.717, 1.165) is 6.07 Å². The molecule has 0 bridgehead atoms. The quantitative estimate of drug-likeness (QED) is 0.863. The van der Waals surface area contributed by atoms with E-state index in [1.807, 2.05) is 0 Å². The van der Waals surface area contributed by atoms with E-state index in [-0.39, 0.29) is 25.0 Å². The minimum absolute atomic E-state index is 0.210. The van der Waals surface area contributed by atoms with Crippen molar-refractivity contribution in [2.45, 2.75) is 31.3 Å². The highest BCUT2D eigenvalue weighted by molar-refractivity contribution is 5.74. The van der Waals surface area contributed by atoms with Crippen LogP contribution < -0.4 is 5.32 Å². The Morgan fingerprint density at radius 3 is 2.71 bits per heavy atom. The molecular weight excluding hydrogens is 318 g/mol. The number of nitrogens with zero attached hydrogens (tertiary/aromatic N) is 1. The number of likely N-dealkylation sites (N-methyl/N-ethyl adjacent to an activating group) is 1. The molecule has 134 valence electrons.